The minimum absolute atomic E-state index is 0.372. The van der Waals surface area contributed by atoms with E-state index in [4.69, 9.17) is 9.47 Å². The number of benzene rings is 1. The molecule has 4 rings (SSSR count). The minimum Gasteiger partial charge on any atom is -0.497 e. The summed E-state index contributed by atoms with van der Waals surface area (Å²) in [5, 5.41) is 2.85. The highest BCUT2D eigenvalue weighted by molar-refractivity contribution is 5.71. The Labute approximate surface area is 162 Å². The van der Waals surface area contributed by atoms with Crippen molar-refractivity contribution >= 4 is 6.09 Å². The zero-order chi connectivity index (χ0) is 19.3. The van der Waals surface area contributed by atoms with Crippen LogP contribution >= 0.6 is 0 Å². The molecule has 0 aliphatic carbocycles. The lowest BCUT2D eigenvalue weighted by molar-refractivity contribution is 0.132. The van der Waals surface area contributed by atoms with Gasteiger partial charge in [-0.05, 0) is 47.4 Å². The first-order valence-electron chi connectivity index (χ1n) is 8.72. The number of cyclic esters (lactones) is 1. The number of carbonyl (C=O) groups is 1. The summed E-state index contributed by atoms with van der Waals surface area (Å²) in [6.07, 6.45) is 4.13. The van der Waals surface area contributed by atoms with Crippen LogP contribution in [-0.4, -0.2) is 23.2 Å². The number of amides is 1. The fraction of sp³-hybridized carbons (Fsp3) is 0.136. The number of nitrogens with one attached hydrogen (secondary N) is 1. The molecule has 1 fully saturated rings. The van der Waals surface area contributed by atoms with Gasteiger partial charge in [-0.15, -0.1) is 0 Å². The molecule has 1 aliphatic rings. The largest absolute Gasteiger partial charge is 0.497 e. The number of hydrogen-bond acceptors (Lipinski definition) is 5. The fourth-order valence-corrected chi connectivity index (χ4v) is 3.03. The highest BCUT2D eigenvalue weighted by Gasteiger charge is 2.36. The molecule has 3 heterocycles. The van der Waals surface area contributed by atoms with Crippen molar-refractivity contribution in [2.75, 3.05) is 7.11 Å². The van der Waals surface area contributed by atoms with Gasteiger partial charge in [0, 0.05) is 24.2 Å². The number of methoxy groups -OCH3 is 1. The molecule has 0 unspecified atom stereocenters. The smallest absolute Gasteiger partial charge is 0.408 e. The standard InChI is InChI=1S/C22H17N3O3/c1-27-19-7-4-5-16(12-19)21-20(25-22(26)28-21)17-11-15(13-23-14-17)8-9-18-6-2-3-10-24-18/h2-7,10-14,20-21H,1H3,(H,25,26)/t20-,21-/m1/s1. The van der Waals surface area contributed by atoms with Crippen molar-refractivity contribution in [1.29, 1.82) is 0 Å². The van der Waals surface area contributed by atoms with Gasteiger partial charge in [0.25, 0.3) is 0 Å². The highest BCUT2D eigenvalue weighted by Crippen LogP contribution is 2.37. The van der Waals surface area contributed by atoms with E-state index in [0.29, 0.717) is 11.4 Å². The molecule has 1 N–H and O–H groups in total. The summed E-state index contributed by atoms with van der Waals surface area (Å²) >= 11 is 0. The van der Waals surface area contributed by atoms with Gasteiger partial charge < -0.3 is 14.8 Å². The van der Waals surface area contributed by atoms with E-state index in [0.717, 1.165) is 16.7 Å². The second-order valence-electron chi connectivity index (χ2n) is 6.20. The summed E-state index contributed by atoms with van der Waals surface area (Å²) in [6.45, 7) is 0. The van der Waals surface area contributed by atoms with Crippen LogP contribution in [-0.2, 0) is 4.74 Å². The topological polar surface area (TPSA) is 73.3 Å². The molecule has 1 aliphatic heterocycles. The third-order valence-electron chi connectivity index (χ3n) is 4.35. The number of aromatic nitrogens is 2. The van der Waals surface area contributed by atoms with Crippen LogP contribution in [0.1, 0.15) is 34.5 Å². The molecule has 0 radical (unpaired) electrons. The molecule has 0 bridgehead atoms. The normalized spacial score (nSPS) is 17.8. The molecule has 1 amide bonds. The molecule has 3 aromatic rings. The van der Waals surface area contributed by atoms with Gasteiger partial charge in [-0.25, -0.2) is 9.78 Å². The van der Waals surface area contributed by atoms with E-state index in [1.165, 1.54) is 0 Å². The van der Waals surface area contributed by atoms with Crippen LogP contribution in [0.4, 0.5) is 4.79 Å². The van der Waals surface area contributed by atoms with Crippen molar-refractivity contribution in [3.63, 3.8) is 0 Å². The van der Waals surface area contributed by atoms with Crippen LogP contribution in [0.3, 0.4) is 0 Å². The van der Waals surface area contributed by atoms with Gasteiger partial charge in [0.1, 0.15) is 17.5 Å². The molecule has 2 atom stereocenters. The molecule has 0 saturated carbocycles. The molecule has 138 valence electrons. The molecule has 6 nitrogen and oxygen atoms in total. The zero-order valence-corrected chi connectivity index (χ0v) is 15.1. The summed E-state index contributed by atoms with van der Waals surface area (Å²) < 4.78 is 10.8. The van der Waals surface area contributed by atoms with Crippen molar-refractivity contribution in [2.24, 2.45) is 0 Å². The molecular formula is C22H17N3O3. The van der Waals surface area contributed by atoms with E-state index in [-0.39, 0.29) is 6.04 Å². The Bertz CT molecular complexity index is 1060. The number of hydrogen-bond donors (Lipinski definition) is 1. The lowest BCUT2D eigenvalue weighted by atomic mass is 9.96. The molecule has 0 spiro atoms. The maximum absolute atomic E-state index is 11.9. The molecule has 1 saturated heterocycles. The highest BCUT2D eigenvalue weighted by atomic mass is 16.6. The number of carbonyl (C=O) groups excluding carboxylic acids is 1. The molecular weight excluding hydrogens is 354 g/mol. The average Bonchev–Trinajstić information content (AvgIpc) is 3.15. The quantitative estimate of drug-likeness (QED) is 0.715. The summed E-state index contributed by atoms with van der Waals surface area (Å²) in [5.74, 6) is 6.77. The molecule has 28 heavy (non-hydrogen) atoms. The van der Waals surface area contributed by atoms with Gasteiger partial charge in [0.05, 0.1) is 7.11 Å². The second-order valence-corrected chi connectivity index (χ2v) is 6.20. The van der Waals surface area contributed by atoms with E-state index in [1.54, 1.807) is 25.7 Å². The van der Waals surface area contributed by atoms with Crippen molar-refractivity contribution in [1.82, 2.24) is 15.3 Å². The molecule has 2 aromatic heterocycles. The lowest BCUT2D eigenvalue weighted by Crippen LogP contribution is -2.19. The van der Waals surface area contributed by atoms with E-state index in [2.05, 4.69) is 27.1 Å². The Kier molecular flexibility index (Phi) is 4.89. The predicted octanol–water partition coefficient (Wildman–Crippen LogP) is 3.41. The summed E-state index contributed by atoms with van der Waals surface area (Å²) in [6, 6.07) is 14.6. The first-order chi connectivity index (χ1) is 13.7. The lowest BCUT2D eigenvalue weighted by Gasteiger charge is -2.18. The SMILES string of the molecule is COc1cccc([C@H]2OC(=O)N[C@@H]2c2cncc(C#Cc3ccccn3)c2)c1. The Morgan fingerprint density at radius 2 is 2.00 bits per heavy atom. The van der Waals surface area contributed by atoms with Gasteiger partial charge in [-0.2, -0.15) is 0 Å². The van der Waals surface area contributed by atoms with Crippen molar-refractivity contribution in [3.8, 4) is 17.6 Å². The minimum atomic E-state index is -0.483. The third-order valence-corrected chi connectivity index (χ3v) is 4.35. The van der Waals surface area contributed by atoms with Gasteiger partial charge in [0.2, 0.25) is 0 Å². The summed E-state index contributed by atoms with van der Waals surface area (Å²) in [4.78, 5) is 20.4. The van der Waals surface area contributed by atoms with Crippen LogP contribution in [0.15, 0.2) is 67.1 Å². The van der Waals surface area contributed by atoms with E-state index < -0.39 is 12.2 Å². The fourth-order valence-electron chi connectivity index (χ4n) is 3.03. The van der Waals surface area contributed by atoms with Crippen LogP contribution in [0.25, 0.3) is 0 Å². The molecule has 1 aromatic carbocycles. The van der Waals surface area contributed by atoms with Gasteiger partial charge in [0.15, 0.2) is 6.10 Å². The summed E-state index contributed by atoms with van der Waals surface area (Å²) in [7, 11) is 1.60. The van der Waals surface area contributed by atoms with Gasteiger partial charge in [-0.1, -0.05) is 24.1 Å². The van der Waals surface area contributed by atoms with Gasteiger partial charge in [-0.3, -0.25) is 4.98 Å². The van der Waals surface area contributed by atoms with Crippen molar-refractivity contribution in [3.05, 3.63) is 89.5 Å². The van der Waals surface area contributed by atoms with Crippen LogP contribution in [0.2, 0.25) is 0 Å². The Morgan fingerprint density at radius 1 is 1.07 bits per heavy atom. The number of alkyl carbamates (subject to hydrolysis) is 1. The van der Waals surface area contributed by atoms with Crippen LogP contribution < -0.4 is 10.1 Å². The number of pyridine rings is 2. The number of rotatable bonds is 3. The first-order valence-corrected chi connectivity index (χ1v) is 8.72. The Hall–Kier alpha value is -3.85. The first kappa shape index (κ1) is 17.6. The third kappa shape index (κ3) is 3.79. The van der Waals surface area contributed by atoms with Crippen molar-refractivity contribution in [2.45, 2.75) is 12.1 Å². The zero-order valence-electron chi connectivity index (χ0n) is 15.1. The predicted molar refractivity (Wildman–Crippen MR) is 103 cm³/mol. The Morgan fingerprint density at radius 3 is 2.82 bits per heavy atom. The van der Waals surface area contributed by atoms with Crippen LogP contribution in [0, 0.1) is 11.8 Å². The second kappa shape index (κ2) is 7.80. The number of ether oxygens (including phenoxy) is 2. The van der Waals surface area contributed by atoms with Crippen LogP contribution in [0.5, 0.6) is 5.75 Å². The maximum atomic E-state index is 11.9. The van der Waals surface area contributed by atoms with E-state index >= 15 is 0 Å². The number of nitrogens with zero attached hydrogens (tertiary/aromatic N) is 2. The maximum Gasteiger partial charge on any atom is 0.408 e. The summed E-state index contributed by atoms with van der Waals surface area (Å²) in [5.41, 5.74) is 3.06. The Balaban J connectivity index is 1.64. The average molecular weight is 371 g/mol. The van der Waals surface area contributed by atoms with E-state index in [1.807, 2.05) is 48.5 Å². The van der Waals surface area contributed by atoms with Gasteiger partial charge >= 0.3 is 6.09 Å². The monoisotopic (exact) mass is 371 g/mol. The van der Waals surface area contributed by atoms with Crippen molar-refractivity contribution < 1.29 is 14.3 Å². The molecule has 6 heteroatoms. The van der Waals surface area contributed by atoms with E-state index in [9.17, 15) is 4.79 Å².